The van der Waals surface area contributed by atoms with Crippen LogP contribution in [0.25, 0.3) is 0 Å². The monoisotopic (exact) mass is 310 g/mol. The zero-order chi connectivity index (χ0) is 14.9. The van der Waals surface area contributed by atoms with Crippen molar-refractivity contribution in [2.24, 2.45) is 0 Å². The third-order valence-corrected chi connectivity index (χ3v) is 3.03. The van der Waals surface area contributed by atoms with Crippen LogP contribution in [-0.2, 0) is 17.8 Å². The summed E-state index contributed by atoms with van der Waals surface area (Å²) in [4.78, 5) is 0. The van der Waals surface area contributed by atoms with Gasteiger partial charge in [0.15, 0.2) is 0 Å². The van der Waals surface area contributed by atoms with Crippen LogP contribution in [-0.4, -0.2) is 41.9 Å². The number of hydrogen-bond acceptors (Lipinski definition) is 5. The van der Waals surface area contributed by atoms with Crippen molar-refractivity contribution in [2.75, 3.05) is 26.9 Å². The zero-order valence-electron chi connectivity index (χ0n) is 12.0. The largest absolute Gasteiger partial charge is 0.492 e. The number of hydrogen-bond donors (Lipinski definition) is 1. The molecule has 1 aromatic carbocycles. The minimum absolute atomic E-state index is 0.529. The SMILES string of the molecule is COCCNCc1cn(CCOc2ccc(Cl)cc2)nn1. The maximum atomic E-state index is 5.81. The van der Waals surface area contributed by atoms with Gasteiger partial charge in [0.1, 0.15) is 12.4 Å². The molecule has 21 heavy (non-hydrogen) atoms. The van der Waals surface area contributed by atoms with Gasteiger partial charge >= 0.3 is 0 Å². The van der Waals surface area contributed by atoms with Crippen molar-refractivity contribution in [2.45, 2.75) is 13.1 Å². The average Bonchev–Trinajstić information content (AvgIpc) is 2.94. The van der Waals surface area contributed by atoms with E-state index >= 15 is 0 Å². The molecule has 1 N–H and O–H groups in total. The van der Waals surface area contributed by atoms with Crippen LogP contribution in [0.4, 0.5) is 0 Å². The molecule has 0 aliphatic rings. The summed E-state index contributed by atoms with van der Waals surface area (Å²) in [5.41, 5.74) is 0.901. The van der Waals surface area contributed by atoms with Gasteiger partial charge < -0.3 is 14.8 Å². The normalized spacial score (nSPS) is 10.8. The second kappa shape index (κ2) is 8.61. The lowest BCUT2D eigenvalue weighted by atomic mass is 10.3. The van der Waals surface area contributed by atoms with Crippen molar-refractivity contribution in [1.29, 1.82) is 0 Å². The lowest BCUT2D eigenvalue weighted by Crippen LogP contribution is -2.18. The van der Waals surface area contributed by atoms with Gasteiger partial charge in [-0.25, -0.2) is 4.68 Å². The molecule has 0 unspecified atom stereocenters. The topological polar surface area (TPSA) is 61.2 Å². The third-order valence-electron chi connectivity index (χ3n) is 2.78. The highest BCUT2D eigenvalue weighted by atomic mass is 35.5. The molecule has 0 fully saturated rings. The lowest BCUT2D eigenvalue weighted by Gasteiger charge is -2.05. The van der Waals surface area contributed by atoms with E-state index in [0.29, 0.717) is 31.3 Å². The smallest absolute Gasteiger partial charge is 0.119 e. The first-order valence-electron chi connectivity index (χ1n) is 6.75. The number of rotatable bonds is 9. The standard InChI is InChI=1S/C14H19ClN4O2/c1-20-8-6-16-10-13-11-19(18-17-13)7-9-21-14-4-2-12(15)3-5-14/h2-5,11,16H,6-10H2,1H3. The van der Waals surface area contributed by atoms with Crippen molar-refractivity contribution in [1.82, 2.24) is 20.3 Å². The zero-order valence-corrected chi connectivity index (χ0v) is 12.7. The molecule has 0 aliphatic carbocycles. The summed E-state index contributed by atoms with van der Waals surface area (Å²) >= 11 is 5.81. The van der Waals surface area contributed by atoms with E-state index in [2.05, 4.69) is 15.6 Å². The molecule has 1 heterocycles. The maximum absolute atomic E-state index is 5.81. The highest BCUT2D eigenvalue weighted by Gasteiger charge is 2.01. The fourth-order valence-corrected chi connectivity index (χ4v) is 1.83. The van der Waals surface area contributed by atoms with Crippen molar-refractivity contribution >= 4 is 11.6 Å². The highest BCUT2D eigenvalue weighted by Crippen LogP contribution is 2.15. The Morgan fingerprint density at radius 3 is 2.81 bits per heavy atom. The lowest BCUT2D eigenvalue weighted by molar-refractivity contribution is 0.199. The number of ether oxygens (including phenoxy) is 2. The molecule has 2 rings (SSSR count). The molecule has 0 saturated heterocycles. The molecule has 2 aromatic rings. The van der Waals surface area contributed by atoms with E-state index in [4.69, 9.17) is 21.1 Å². The van der Waals surface area contributed by atoms with Gasteiger partial charge in [0.05, 0.1) is 18.8 Å². The molecule has 0 radical (unpaired) electrons. The molecule has 0 aliphatic heterocycles. The summed E-state index contributed by atoms with van der Waals surface area (Å²) in [7, 11) is 1.68. The Kier molecular flexibility index (Phi) is 6.46. The molecule has 0 saturated carbocycles. The highest BCUT2D eigenvalue weighted by molar-refractivity contribution is 6.30. The minimum Gasteiger partial charge on any atom is -0.492 e. The van der Waals surface area contributed by atoms with Gasteiger partial charge in [-0.3, -0.25) is 0 Å². The van der Waals surface area contributed by atoms with E-state index in [9.17, 15) is 0 Å². The van der Waals surface area contributed by atoms with Crippen LogP contribution in [0.2, 0.25) is 5.02 Å². The number of halogens is 1. The Morgan fingerprint density at radius 1 is 1.24 bits per heavy atom. The summed E-state index contributed by atoms with van der Waals surface area (Å²) in [5.74, 6) is 0.793. The van der Waals surface area contributed by atoms with E-state index < -0.39 is 0 Å². The van der Waals surface area contributed by atoms with Crippen molar-refractivity contribution in [3.05, 3.63) is 41.2 Å². The van der Waals surface area contributed by atoms with Crippen molar-refractivity contribution in [3.63, 3.8) is 0 Å². The fraction of sp³-hybridized carbons (Fsp3) is 0.429. The van der Waals surface area contributed by atoms with Gasteiger partial charge in [0.25, 0.3) is 0 Å². The summed E-state index contributed by atoms with van der Waals surface area (Å²) in [6.07, 6.45) is 1.91. The van der Waals surface area contributed by atoms with Crippen LogP contribution in [0.15, 0.2) is 30.5 Å². The van der Waals surface area contributed by atoms with Crippen LogP contribution in [0.1, 0.15) is 5.69 Å². The Hall–Kier alpha value is -1.63. The Labute approximate surface area is 129 Å². The molecule has 6 nitrogen and oxygen atoms in total. The van der Waals surface area contributed by atoms with Crippen molar-refractivity contribution in [3.8, 4) is 5.75 Å². The number of benzene rings is 1. The first-order valence-corrected chi connectivity index (χ1v) is 7.13. The van der Waals surface area contributed by atoms with Gasteiger partial charge in [-0.05, 0) is 24.3 Å². The van der Waals surface area contributed by atoms with Crippen LogP contribution in [0, 0.1) is 0 Å². The second-order valence-corrected chi connectivity index (χ2v) is 4.88. The Bertz CT molecular complexity index is 530. The number of nitrogens with zero attached hydrogens (tertiary/aromatic N) is 3. The third kappa shape index (κ3) is 5.71. The molecule has 0 bridgehead atoms. The van der Waals surface area contributed by atoms with Gasteiger partial charge in [-0.2, -0.15) is 0 Å². The number of methoxy groups -OCH3 is 1. The molecule has 0 amide bonds. The maximum Gasteiger partial charge on any atom is 0.119 e. The quantitative estimate of drug-likeness (QED) is 0.715. The first kappa shape index (κ1) is 15.8. The van der Waals surface area contributed by atoms with E-state index in [1.165, 1.54) is 0 Å². The fourth-order valence-electron chi connectivity index (χ4n) is 1.71. The molecule has 114 valence electrons. The summed E-state index contributed by atoms with van der Waals surface area (Å²) in [6.45, 7) is 3.34. The summed E-state index contributed by atoms with van der Waals surface area (Å²) in [5, 5.41) is 12.1. The van der Waals surface area contributed by atoms with E-state index in [1.54, 1.807) is 23.9 Å². The van der Waals surface area contributed by atoms with Crippen LogP contribution in [0.3, 0.4) is 0 Å². The molecular weight excluding hydrogens is 292 g/mol. The predicted molar refractivity (Wildman–Crippen MR) is 80.6 cm³/mol. The molecule has 0 atom stereocenters. The van der Waals surface area contributed by atoms with Crippen LogP contribution < -0.4 is 10.1 Å². The summed E-state index contributed by atoms with van der Waals surface area (Å²) < 4.78 is 12.3. The number of nitrogens with one attached hydrogen (secondary N) is 1. The van der Waals surface area contributed by atoms with Crippen molar-refractivity contribution < 1.29 is 9.47 Å². The van der Waals surface area contributed by atoms with Gasteiger partial charge in [-0.1, -0.05) is 16.8 Å². The van der Waals surface area contributed by atoms with E-state index in [1.807, 2.05) is 18.3 Å². The van der Waals surface area contributed by atoms with Gasteiger partial charge in [-0.15, -0.1) is 5.10 Å². The molecule has 1 aromatic heterocycles. The Balaban J connectivity index is 1.69. The molecule has 0 spiro atoms. The van der Waals surface area contributed by atoms with Crippen LogP contribution >= 0.6 is 11.6 Å². The second-order valence-electron chi connectivity index (χ2n) is 4.44. The first-order chi connectivity index (χ1) is 10.3. The average molecular weight is 311 g/mol. The van der Waals surface area contributed by atoms with E-state index in [-0.39, 0.29) is 0 Å². The molecule has 7 heteroatoms. The minimum atomic E-state index is 0.529. The Morgan fingerprint density at radius 2 is 2.05 bits per heavy atom. The molecular formula is C14H19ClN4O2. The van der Waals surface area contributed by atoms with Gasteiger partial charge in [0, 0.05) is 31.4 Å². The van der Waals surface area contributed by atoms with E-state index in [0.717, 1.165) is 18.0 Å². The number of aromatic nitrogens is 3. The van der Waals surface area contributed by atoms with Gasteiger partial charge in [0.2, 0.25) is 0 Å². The van der Waals surface area contributed by atoms with Crippen LogP contribution in [0.5, 0.6) is 5.75 Å². The summed E-state index contributed by atoms with van der Waals surface area (Å²) in [6, 6.07) is 7.29. The predicted octanol–water partition coefficient (Wildman–Crippen LogP) is 1.75.